The lowest BCUT2D eigenvalue weighted by molar-refractivity contribution is -0.156. The first kappa shape index (κ1) is 21.3. The highest BCUT2D eigenvalue weighted by Gasteiger charge is 2.28. The number of likely N-dealkylation sites (tertiary alicyclic amines) is 1. The number of hydrogen-bond donors (Lipinski definition) is 0. The summed E-state index contributed by atoms with van der Waals surface area (Å²) in [5, 5.41) is 5.20. The number of carbonyl (C=O) groups excluding carboxylic acids is 1. The average molecular weight is 472 g/mol. The minimum atomic E-state index is -3.43. The quantitative estimate of drug-likeness (QED) is 0.636. The SMILES string of the molecule is CC(C)(C)OC(=O)CN1CCC(n2nc(S(C)(=O)=O)c3cc(Br)ccc32)CC1. The van der Waals surface area contributed by atoms with E-state index in [0.29, 0.717) is 5.39 Å². The van der Waals surface area contributed by atoms with Crippen molar-refractivity contribution in [1.29, 1.82) is 0 Å². The van der Waals surface area contributed by atoms with Gasteiger partial charge in [0.15, 0.2) is 14.9 Å². The molecule has 1 aromatic carbocycles. The van der Waals surface area contributed by atoms with Gasteiger partial charge >= 0.3 is 5.97 Å². The van der Waals surface area contributed by atoms with Crippen LogP contribution in [0.4, 0.5) is 0 Å². The number of benzene rings is 1. The second kappa shape index (κ2) is 7.76. The van der Waals surface area contributed by atoms with Crippen LogP contribution in [0.1, 0.15) is 39.7 Å². The van der Waals surface area contributed by atoms with E-state index in [1.807, 2.05) is 37.6 Å². The zero-order valence-electron chi connectivity index (χ0n) is 16.6. The Balaban J connectivity index is 1.76. The predicted octanol–water partition coefficient (Wildman–Crippen LogP) is 3.18. The molecule has 1 aliphatic heterocycles. The van der Waals surface area contributed by atoms with Gasteiger partial charge in [0.1, 0.15) is 5.60 Å². The number of piperidine rings is 1. The number of halogens is 1. The molecule has 0 N–H and O–H groups in total. The summed E-state index contributed by atoms with van der Waals surface area (Å²) in [4.78, 5) is 14.1. The topological polar surface area (TPSA) is 81.5 Å². The summed E-state index contributed by atoms with van der Waals surface area (Å²) < 4.78 is 32.4. The van der Waals surface area contributed by atoms with Gasteiger partial charge in [-0.3, -0.25) is 14.4 Å². The van der Waals surface area contributed by atoms with Crippen LogP contribution in [-0.4, -0.2) is 60.6 Å². The Labute approximate surface area is 174 Å². The molecule has 0 atom stereocenters. The summed E-state index contributed by atoms with van der Waals surface area (Å²) in [6.07, 6.45) is 2.77. The van der Waals surface area contributed by atoms with Crippen LogP contribution in [0.2, 0.25) is 0 Å². The molecular formula is C19H26BrN3O4S. The first-order valence-corrected chi connectivity index (χ1v) is 11.9. The van der Waals surface area contributed by atoms with Gasteiger partial charge in [-0.1, -0.05) is 15.9 Å². The number of rotatable bonds is 4. The molecular weight excluding hydrogens is 446 g/mol. The van der Waals surface area contributed by atoms with E-state index in [0.717, 1.165) is 35.9 Å². The van der Waals surface area contributed by atoms with Gasteiger partial charge in [0.2, 0.25) is 0 Å². The zero-order valence-corrected chi connectivity index (χ0v) is 19.0. The highest BCUT2D eigenvalue weighted by atomic mass is 79.9. The van der Waals surface area contributed by atoms with Gasteiger partial charge in [0.05, 0.1) is 18.1 Å². The van der Waals surface area contributed by atoms with Gasteiger partial charge in [-0.15, -0.1) is 0 Å². The smallest absolute Gasteiger partial charge is 0.320 e. The van der Waals surface area contributed by atoms with Crippen molar-refractivity contribution >= 4 is 42.6 Å². The highest BCUT2D eigenvalue weighted by molar-refractivity contribution is 9.10. The summed E-state index contributed by atoms with van der Waals surface area (Å²) in [6.45, 7) is 7.31. The molecule has 1 aromatic heterocycles. The van der Waals surface area contributed by atoms with Gasteiger partial charge in [-0.05, 0) is 51.8 Å². The van der Waals surface area contributed by atoms with E-state index < -0.39 is 15.4 Å². The van der Waals surface area contributed by atoms with E-state index in [1.54, 1.807) is 6.07 Å². The molecule has 1 fully saturated rings. The van der Waals surface area contributed by atoms with Crippen molar-refractivity contribution in [2.24, 2.45) is 0 Å². The number of esters is 1. The monoisotopic (exact) mass is 471 g/mol. The van der Waals surface area contributed by atoms with Gasteiger partial charge in [-0.2, -0.15) is 5.10 Å². The summed E-state index contributed by atoms with van der Waals surface area (Å²) in [6, 6.07) is 5.68. The molecule has 0 saturated carbocycles. The Morgan fingerprint density at radius 1 is 1.29 bits per heavy atom. The lowest BCUT2D eigenvalue weighted by Crippen LogP contribution is -2.40. The van der Waals surface area contributed by atoms with Crippen molar-refractivity contribution in [2.75, 3.05) is 25.9 Å². The largest absolute Gasteiger partial charge is 0.459 e. The first-order valence-electron chi connectivity index (χ1n) is 9.26. The molecule has 0 spiro atoms. The lowest BCUT2D eigenvalue weighted by atomic mass is 10.0. The van der Waals surface area contributed by atoms with Crippen molar-refractivity contribution in [1.82, 2.24) is 14.7 Å². The van der Waals surface area contributed by atoms with Crippen LogP contribution in [0.25, 0.3) is 10.9 Å². The fourth-order valence-electron chi connectivity index (χ4n) is 3.52. The van der Waals surface area contributed by atoms with Gasteiger partial charge in [0, 0.05) is 29.2 Å². The maximum Gasteiger partial charge on any atom is 0.320 e. The third-order valence-corrected chi connectivity index (χ3v) is 6.16. The second-order valence-electron chi connectivity index (χ2n) is 8.28. The maximum atomic E-state index is 12.2. The summed E-state index contributed by atoms with van der Waals surface area (Å²) in [5.74, 6) is -0.222. The first-order chi connectivity index (χ1) is 12.9. The van der Waals surface area contributed by atoms with Crippen molar-refractivity contribution in [3.05, 3.63) is 22.7 Å². The molecule has 28 heavy (non-hydrogen) atoms. The lowest BCUT2D eigenvalue weighted by Gasteiger charge is -2.32. The molecule has 3 rings (SSSR count). The molecule has 9 heteroatoms. The predicted molar refractivity (Wildman–Crippen MR) is 111 cm³/mol. The van der Waals surface area contributed by atoms with Gasteiger partial charge in [-0.25, -0.2) is 8.42 Å². The number of fused-ring (bicyclic) bond motifs is 1. The molecule has 0 unspecified atom stereocenters. The number of nitrogens with zero attached hydrogens (tertiary/aromatic N) is 3. The Morgan fingerprint density at radius 2 is 1.93 bits per heavy atom. The van der Waals surface area contributed by atoms with Crippen LogP contribution in [0.5, 0.6) is 0 Å². The van der Waals surface area contributed by atoms with E-state index in [2.05, 4.69) is 25.9 Å². The number of sulfone groups is 1. The molecule has 7 nitrogen and oxygen atoms in total. The molecule has 2 aromatic rings. The van der Waals surface area contributed by atoms with Crippen molar-refractivity contribution < 1.29 is 17.9 Å². The van der Waals surface area contributed by atoms with Crippen LogP contribution >= 0.6 is 15.9 Å². The van der Waals surface area contributed by atoms with E-state index in [4.69, 9.17) is 4.74 Å². The fourth-order valence-corrected chi connectivity index (χ4v) is 4.68. The molecule has 0 aliphatic carbocycles. The molecule has 1 aliphatic rings. The Morgan fingerprint density at radius 3 is 2.50 bits per heavy atom. The molecule has 154 valence electrons. The van der Waals surface area contributed by atoms with Crippen LogP contribution in [0.3, 0.4) is 0 Å². The normalized spacial score (nSPS) is 17.2. The number of aromatic nitrogens is 2. The molecule has 0 amide bonds. The van der Waals surface area contributed by atoms with Crippen LogP contribution in [-0.2, 0) is 19.4 Å². The summed E-state index contributed by atoms with van der Waals surface area (Å²) in [5.41, 5.74) is 0.328. The molecule has 0 bridgehead atoms. The third-order valence-electron chi connectivity index (χ3n) is 4.66. The van der Waals surface area contributed by atoms with Crippen molar-refractivity contribution in [3.63, 3.8) is 0 Å². The maximum absolute atomic E-state index is 12.2. The van der Waals surface area contributed by atoms with Gasteiger partial charge < -0.3 is 4.74 Å². The minimum absolute atomic E-state index is 0.0917. The van der Waals surface area contributed by atoms with E-state index in [-0.39, 0.29) is 23.6 Å². The summed E-state index contributed by atoms with van der Waals surface area (Å²) >= 11 is 3.41. The van der Waals surface area contributed by atoms with Crippen LogP contribution in [0.15, 0.2) is 27.7 Å². The molecule has 2 heterocycles. The zero-order chi connectivity index (χ0) is 20.7. The van der Waals surface area contributed by atoms with E-state index in [1.165, 1.54) is 6.26 Å². The van der Waals surface area contributed by atoms with Gasteiger partial charge in [0.25, 0.3) is 0 Å². The van der Waals surface area contributed by atoms with E-state index >= 15 is 0 Å². The standard InChI is InChI=1S/C19H26BrN3O4S/c1-19(2,3)27-17(24)12-22-9-7-14(8-10-22)23-16-6-5-13(20)11-15(16)18(21-23)28(4,25)26/h5-6,11,14H,7-10,12H2,1-4H3. The third kappa shape index (κ3) is 4.93. The Kier molecular flexibility index (Phi) is 5.89. The molecule has 0 radical (unpaired) electrons. The summed E-state index contributed by atoms with van der Waals surface area (Å²) in [7, 11) is -3.43. The van der Waals surface area contributed by atoms with Crippen LogP contribution < -0.4 is 0 Å². The van der Waals surface area contributed by atoms with Crippen LogP contribution in [0, 0.1) is 0 Å². The highest BCUT2D eigenvalue weighted by Crippen LogP contribution is 2.31. The second-order valence-corrected chi connectivity index (χ2v) is 11.1. The average Bonchev–Trinajstić information content (AvgIpc) is 2.92. The number of hydrogen-bond acceptors (Lipinski definition) is 6. The Hall–Kier alpha value is -1.45. The number of carbonyl (C=O) groups is 1. The fraction of sp³-hybridized carbons (Fsp3) is 0.579. The minimum Gasteiger partial charge on any atom is -0.459 e. The molecule has 1 saturated heterocycles. The Bertz CT molecular complexity index is 987. The van der Waals surface area contributed by atoms with Crippen molar-refractivity contribution in [3.8, 4) is 0 Å². The number of ether oxygens (including phenoxy) is 1. The van der Waals surface area contributed by atoms with E-state index in [9.17, 15) is 13.2 Å². The van der Waals surface area contributed by atoms with Crippen molar-refractivity contribution in [2.45, 2.75) is 50.3 Å².